The molecule has 11 aromatic rings. The summed E-state index contributed by atoms with van der Waals surface area (Å²) in [6.45, 7) is 0. The first-order valence-electron chi connectivity index (χ1n) is 19.7. The molecule has 0 N–H and O–H groups in total. The molecule has 0 spiro atoms. The average Bonchev–Trinajstić information content (AvgIpc) is 3.86. The van der Waals surface area contributed by atoms with E-state index in [0.717, 1.165) is 72.4 Å². The van der Waals surface area contributed by atoms with Crippen LogP contribution in [0.2, 0.25) is 0 Å². The summed E-state index contributed by atoms with van der Waals surface area (Å²) >= 11 is 0. The molecule has 8 aromatic carbocycles. The van der Waals surface area contributed by atoms with Crippen molar-refractivity contribution < 1.29 is 30.4 Å². The van der Waals surface area contributed by atoms with Crippen molar-refractivity contribution in [2.45, 2.75) is 0 Å². The zero-order valence-electron chi connectivity index (χ0n) is 32.0. The second kappa shape index (κ2) is 14.5. The summed E-state index contributed by atoms with van der Waals surface area (Å²) in [6, 6.07) is 74.6. The smallest absolute Gasteiger partial charge is 0.268 e. The Hall–Kier alpha value is -7.33. The Morgan fingerprint density at radius 3 is 1.90 bits per heavy atom. The number of ether oxygens (including phenoxy) is 1. The molecule has 0 fully saturated rings. The first-order valence-corrected chi connectivity index (χ1v) is 19.7. The van der Waals surface area contributed by atoms with Crippen molar-refractivity contribution in [3.05, 3.63) is 213 Å². The largest absolute Gasteiger partial charge is 0.510 e. The summed E-state index contributed by atoms with van der Waals surface area (Å²) in [6.07, 6.45) is 3.76. The molecule has 60 heavy (non-hydrogen) atoms. The Bertz CT molecular complexity index is 3440. The molecule has 1 aliphatic heterocycles. The molecule has 5 nitrogen and oxygen atoms in total. The number of rotatable bonds is 5. The van der Waals surface area contributed by atoms with E-state index in [1.807, 2.05) is 48.5 Å². The van der Waals surface area contributed by atoms with Crippen molar-refractivity contribution in [2.24, 2.45) is 0 Å². The molecular formula is C54H32N4OPt-2. The second-order valence-electron chi connectivity index (χ2n) is 14.7. The van der Waals surface area contributed by atoms with Crippen LogP contribution in [0.5, 0.6) is 11.5 Å². The van der Waals surface area contributed by atoms with Gasteiger partial charge in [0.15, 0.2) is 0 Å². The molecule has 0 aliphatic carbocycles. The van der Waals surface area contributed by atoms with Gasteiger partial charge in [-0.3, -0.25) is 4.57 Å². The van der Waals surface area contributed by atoms with Gasteiger partial charge in [0.25, 0.3) is 6.33 Å². The number of hydrogen-bond acceptors (Lipinski definition) is 2. The number of pyridine rings is 1. The van der Waals surface area contributed by atoms with Crippen LogP contribution in [0.25, 0.3) is 94.7 Å². The number of benzene rings is 8. The molecule has 0 bridgehead atoms. The summed E-state index contributed by atoms with van der Waals surface area (Å²) in [7, 11) is 0. The van der Waals surface area contributed by atoms with E-state index in [1.54, 1.807) is 0 Å². The quantitative estimate of drug-likeness (QED) is 0.127. The van der Waals surface area contributed by atoms with Gasteiger partial charge in [-0.2, -0.15) is 18.2 Å². The van der Waals surface area contributed by atoms with Crippen LogP contribution in [-0.4, -0.2) is 14.1 Å². The van der Waals surface area contributed by atoms with Crippen molar-refractivity contribution in [1.82, 2.24) is 14.1 Å². The van der Waals surface area contributed by atoms with Crippen LogP contribution in [-0.2, 0) is 21.1 Å². The van der Waals surface area contributed by atoms with E-state index in [4.69, 9.17) is 9.72 Å². The number of fused-ring (bicyclic) bond motifs is 10. The van der Waals surface area contributed by atoms with Gasteiger partial charge >= 0.3 is 0 Å². The molecule has 0 radical (unpaired) electrons. The minimum absolute atomic E-state index is 0. The Kier molecular flexibility index (Phi) is 8.65. The first-order chi connectivity index (χ1) is 29.3. The van der Waals surface area contributed by atoms with E-state index in [9.17, 15) is 0 Å². The standard InChI is InChI=1S/C54H32N4O.Pt/c1-2-15-36(16-3-1)48-26-14-30-53(55-48)58-50-28-11-9-24-45(50)46-32-31-39(34-52(46)58)59-38-18-12-17-37(33-38)56-35-57-49-27-10-8-23-44(49)42-21-6-4-19-40(42)41-20-5-7-22-43(41)47-25-13-29-51(56)54(47)57;/h1-32H;/q-2;. The van der Waals surface area contributed by atoms with E-state index < -0.39 is 0 Å². The summed E-state index contributed by atoms with van der Waals surface area (Å²) in [5.74, 6) is 1.97. The van der Waals surface area contributed by atoms with Crippen LogP contribution >= 0.6 is 0 Å². The molecule has 0 unspecified atom stereocenters. The molecule has 0 saturated heterocycles. The summed E-state index contributed by atoms with van der Waals surface area (Å²) in [5, 5.41) is 2.20. The zero-order chi connectivity index (χ0) is 38.9. The van der Waals surface area contributed by atoms with Crippen LogP contribution in [0, 0.1) is 18.5 Å². The topological polar surface area (TPSA) is 35.9 Å². The number of para-hydroxylation sites is 3. The molecule has 1 aliphatic rings. The fourth-order valence-corrected chi connectivity index (χ4v) is 8.76. The number of nitrogens with zero attached hydrogens (tertiary/aromatic N) is 4. The molecule has 0 saturated carbocycles. The maximum Gasteiger partial charge on any atom is 0.268 e. The third-order valence-electron chi connectivity index (χ3n) is 11.4. The predicted molar refractivity (Wildman–Crippen MR) is 235 cm³/mol. The Labute approximate surface area is 361 Å². The van der Waals surface area contributed by atoms with Crippen molar-refractivity contribution in [3.8, 4) is 73.3 Å². The average molecular weight is 948 g/mol. The molecule has 6 heteroatoms. The maximum absolute atomic E-state index is 6.63. The van der Waals surface area contributed by atoms with Gasteiger partial charge in [0.05, 0.1) is 22.4 Å². The van der Waals surface area contributed by atoms with Gasteiger partial charge < -0.3 is 13.9 Å². The summed E-state index contributed by atoms with van der Waals surface area (Å²) in [4.78, 5) is 5.13. The van der Waals surface area contributed by atoms with Gasteiger partial charge in [-0.1, -0.05) is 145 Å². The van der Waals surface area contributed by atoms with Crippen LogP contribution in [0.15, 0.2) is 194 Å². The summed E-state index contributed by atoms with van der Waals surface area (Å²) < 4.78 is 13.1. The van der Waals surface area contributed by atoms with Gasteiger partial charge in [-0.15, -0.1) is 29.7 Å². The van der Waals surface area contributed by atoms with E-state index in [0.29, 0.717) is 11.5 Å². The molecule has 286 valence electrons. The van der Waals surface area contributed by atoms with Crippen molar-refractivity contribution in [1.29, 1.82) is 0 Å². The van der Waals surface area contributed by atoms with E-state index in [1.165, 1.54) is 22.3 Å². The second-order valence-corrected chi connectivity index (χ2v) is 14.7. The maximum atomic E-state index is 6.63. The first kappa shape index (κ1) is 35.8. The normalized spacial score (nSPS) is 11.5. The summed E-state index contributed by atoms with van der Waals surface area (Å²) in [5.41, 5.74) is 14.9. The van der Waals surface area contributed by atoms with Crippen LogP contribution < -0.4 is 9.30 Å². The Morgan fingerprint density at radius 1 is 0.467 bits per heavy atom. The molecule has 0 amide bonds. The fourth-order valence-electron chi connectivity index (χ4n) is 8.76. The van der Waals surface area contributed by atoms with E-state index >= 15 is 0 Å². The van der Waals surface area contributed by atoms with Crippen LogP contribution in [0.1, 0.15) is 0 Å². The van der Waals surface area contributed by atoms with Gasteiger partial charge in [-0.05, 0) is 68.7 Å². The molecule has 3 aromatic heterocycles. The molecule has 12 rings (SSSR count). The Morgan fingerprint density at radius 2 is 1.08 bits per heavy atom. The molecular weight excluding hydrogens is 916 g/mol. The Balaban J connectivity index is 0.00000408. The van der Waals surface area contributed by atoms with E-state index in [2.05, 4.69) is 178 Å². The van der Waals surface area contributed by atoms with Crippen LogP contribution in [0.3, 0.4) is 0 Å². The van der Waals surface area contributed by atoms with Crippen molar-refractivity contribution in [2.75, 3.05) is 0 Å². The minimum atomic E-state index is 0. The third-order valence-corrected chi connectivity index (χ3v) is 11.4. The number of imidazole rings is 1. The zero-order valence-corrected chi connectivity index (χ0v) is 34.3. The van der Waals surface area contributed by atoms with Gasteiger partial charge in [0.2, 0.25) is 0 Å². The van der Waals surface area contributed by atoms with Gasteiger partial charge in [0.1, 0.15) is 5.82 Å². The molecule has 0 atom stereocenters. The minimum Gasteiger partial charge on any atom is -0.510 e. The fraction of sp³-hybridized carbons (Fsp3) is 0. The van der Waals surface area contributed by atoms with Gasteiger partial charge in [-0.25, -0.2) is 4.98 Å². The molecule has 4 heterocycles. The number of hydrogen-bond donors (Lipinski definition) is 0. The number of aromatic nitrogens is 4. The van der Waals surface area contributed by atoms with Crippen molar-refractivity contribution >= 4 is 32.8 Å². The van der Waals surface area contributed by atoms with E-state index in [-0.39, 0.29) is 21.1 Å². The van der Waals surface area contributed by atoms with Crippen molar-refractivity contribution in [3.63, 3.8) is 0 Å². The SMILES string of the molecule is [Pt].[c-]1c(Oc2[c-]c3c(cc2)c2ccccc2n3-c2cccc(-c3ccccc3)n2)cccc1-n1[c-][n+]2c3c(cccc31)-c1ccccc1-c1ccccc1-c1ccccc1-2. The van der Waals surface area contributed by atoms with Gasteiger partial charge in [0, 0.05) is 43.6 Å². The third kappa shape index (κ3) is 5.73. The predicted octanol–water partition coefficient (Wildman–Crippen LogP) is 12.6. The monoisotopic (exact) mass is 947 g/mol. The van der Waals surface area contributed by atoms with Crippen LogP contribution in [0.4, 0.5) is 0 Å².